The number of nitriles is 1. The number of benzene rings is 2. The first-order valence-corrected chi connectivity index (χ1v) is 8.91. The molecule has 0 N–H and O–H groups in total. The smallest absolute Gasteiger partial charge is 0.134 e. The Morgan fingerprint density at radius 1 is 1.20 bits per heavy atom. The SMILES string of the molecule is COc1cccc(/C=C(\C#N)c2nc(-c3ccc(Cl)c(Cl)c3)cs2)c1. The Labute approximate surface area is 159 Å². The van der Waals surface area contributed by atoms with E-state index in [0.717, 1.165) is 22.6 Å². The molecule has 3 aromatic rings. The molecule has 0 radical (unpaired) electrons. The molecule has 3 rings (SSSR count). The minimum absolute atomic E-state index is 0.473. The average molecular weight is 387 g/mol. The second-order valence-electron chi connectivity index (χ2n) is 5.11. The van der Waals surface area contributed by atoms with Crippen LogP contribution in [0.1, 0.15) is 10.6 Å². The quantitative estimate of drug-likeness (QED) is 0.502. The van der Waals surface area contributed by atoms with Crippen molar-refractivity contribution in [1.82, 2.24) is 4.98 Å². The lowest BCUT2D eigenvalue weighted by molar-refractivity contribution is 0.414. The zero-order valence-corrected chi connectivity index (χ0v) is 15.5. The number of hydrogen-bond acceptors (Lipinski definition) is 4. The molecule has 0 aliphatic rings. The molecular weight excluding hydrogens is 375 g/mol. The fourth-order valence-corrected chi connectivity index (χ4v) is 3.32. The first-order chi connectivity index (χ1) is 12.1. The van der Waals surface area contributed by atoms with E-state index in [4.69, 9.17) is 27.9 Å². The maximum absolute atomic E-state index is 9.51. The van der Waals surface area contributed by atoms with E-state index in [2.05, 4.69) is 11.1 Å². The van der Waals surface area contributed by atoms with Gasteiger partial charge in [0.1, 0.15) is 16.8 Å². The number of allylic oxidation sites excluding steroid dienone is 1. The summed E-state index contributed by atoms with van der Waals surface area (Å²) in [5.74, 6) is 0.738. The molecule has 0 atom stereocenters. The summed E-state index contributed by atoms with van der Waals surface area (Å²) in [6.45, 7) is 0. The molecule has 0 amide bonds. The van der Waals surface area contributed by atoms with Gasteiger partial charge in [-0.25, -0.2) is 4.98 Å². The van der Waals surface area contributed by atoms with Gasteiger partial charge in [-0.2, -0.15) is 5.26 Å². The highest BCUT2D eigenvalue weighted by molar-refractivity contribution is 7.11. The molecule has 0 unspecified atom stereocenters. The van der Waals surface area contributed by atoms with Crippen LogP contribution in [0.15, 0.2) is 47.8 Å². The maximum atomic E-state index is 9.51. The number of methoxy groups -OCH3 is 1. The van der Waals surface area contributed by atoms with Gasteiger partial charge in [-0.05, 0) is 35.9 Å². The largest absolute Gasteiger partial charge is 0.497 e. The summed E-state index contributed by atoms with van der Waals surface area (Å²) in [7, 11) is 1.61. The minimum Gasteiger partial charge on any atom is -0.497 e. The molecular formula is C19H12Cl2N2OS. The van der Waals surface area contributed by atoms with Crippen LogP contribution in [0.5, 0.6) is 5.75 Å². The number of halogens is 2. The van der Waals surface area contributed by atoms with Gasteiger partial charge in [0, 0.05) is 10.9 Å². The molecule has 0 fully saturated rings. The fraction of sp³-hybridized carbons (Fsp3) is 0.0526. The molecule has 1 aromatic heterocycles. The molecule has 0 aliphatic carbocycles. The van der Waals surface area contributed by atoms with Crippen molar-refractivity contribution in [2.45, 2.75) is 0 Å². The Morgan fingerprint density at radius 2 is 2.04 bits per heavy atom. The van der Waals surface area contributed by atoms with E-state index in [0.29, 0.717) is 20.6 Å². The summed E-state index contributed by atoms with van der Waals surface area (Å²) in [6.07, 6.45) is 1.79. The number of thiazole rings is 1. The van der Waals surface area contributed by atoms with Gasteiger partial charge in [0.2, 0.25) is 0 Å². The Bertz CT molecular complexity index is 989. The topological polar surface area (TPSA) is 45.9 Å². The standard InChI is InChI=1S/C19H12Cl2N2OS/c1-24-15-4-2-3-12(8-15)7-14(10-22)19-23-18(11-25-19)13-5-6-16(20)17(21)9-13/h2-9,11H,1H3/b14-7+. The number of ether oxygens (including phenoxy) is 1. The lowest BCUT2D eigenvalue weighted by Crippen LogP contribution is -1.85. The van der Waals surface area contributed by atoms with E-state index in [9.17, 15) is 5.26 Å². The van der Waals surface area contributed by atoms with Crippen molar-refractivity contribution < 1.29 is 4.74 Å². The summed E-state index contributed by atoms with van der Waals surface area (Å²) < 4.78 is 5.21. The van der Waals surface area contributed by atoms with Crippen LogP contribution in [0.25, 0.3) is 22.9 Å². The van der Waals surface area contributed by atoms with Crippen LogP contribution in [0, 0.1) is 11.3 Å². The van der Waals surface area contributed by atoms with Crippen molar-refractivity contribution in [2.24, 2.45) is 0 Å². The van der Waals surface area contributed by atoms with Crippen molar-refractivity contribution in [2.75, 3.05) is 7.11 Å². The Kier molecular flexibility index (Phi) is 5.40. The molecule has 0 saturated heterocycles. The fourth-order valence-electron chi connectivity index (χ4n) is 2.23. The van der Waals surface area contributed by atoms with Gasteiger partial charge < -0.3 is 4.74 Å². The average Bonchev–Trinajstić information content (AvgIpc) is 3.12. The molecule has 0 saturated carbocycles. The van der Waals surface area contributed by atoms with Crippen molar-refractivity contribution in [1.29, 1.82) is 5.26 Å². The second-order valence-corrected chi connectivity index (χ2v) is 6.79. The van der Waals surface area contributed by atoms with Gasteiger partial charge in [-0.1, -0.05) is 41.4 Å². The van der Waals surface area contributed by atoms with Gasteiger partial charge in [-0.3, -0.25) is 0 Å². The zero-order valence-electron chi connectivity index (χ0n) is 13.2. The number of nitrogens with zero attached hydrogens (tertiary/aromatic N) is 2. The van der Waals surface area contributed by atoms with Crippen molar-refractivity contribution in [3.63, 3.8) is 0 Å². The van der Waals surface area contributed by atoms with Gasteiger partial charge >= 0.3 is 0 Å². The van der Waals surface area contributed by atoms with Gasteiger partial charge in [0.25, 0.3) is 0 Å². The summed E-state index contributed by atoms with van der Waals surface area (Å²) in [5.41, 5.74) is 2.98. The van der Waals surface area contributed by atoms with E-state index in [1.165, 1.54) is 11.3 Å². The zero-order chi connectivity index (χ0) is 17.8. The Hall–Kier alpha value is -2.32. The third kappa shape index (κ3) is 4.02. The van der Waals surface area contributed by atoms with Crippen LogP contribution in [-0.2, 0) is 0 Å². The highest BCUT2D eigenvalue weighted by Gasteiger charge is 2.10. The Morgan fingerprint density at radius 3 is 2.76 bits per heavy atom. The first kappa shape index (κ1) is 17.5. The molecule has 3 nitrogen and oxygen atoms in total. The molecule has 25 heavy (non-hydrogen) atoms. The third-order valence-corrected chi connectivity index (χ3v) is 5.09. The van der Waals surface area contributed by atoms with Crippen LogP contribution in [0.2, 0.25) is 10.0 Å². The molecule has 6 heteroatoms. The summed E-state index contributed by atoms with van der Waals surface area (Å²) in [5, 5.41) is 13.0. The first-order valence-electron chi connectivity index (χ1n) is 7.28. The molecule has 124 valence electrons. The summed E-state index contributed by atoms with van der Waals surface area (Å²) in [4.78, 5) is 4.56. The summed E-state index contributed by atoms with van der Waals surface area (Å²) in [6, 6.07) is 15.1. The lowest BCUT2D eigenvalue weighted by Gasteiger charge is -2.01. The van der Waals surface area contributed by atoms with Gasteiger partial charge in [-0.15, -0.1) is 11.3 Å². The van der Waals surface area contributed by atoms with Crippen LogP contribution in [-0.4, -0.2) is 12.1 Å². The highest BCUT2D eigenvalue weighted by atomic mass is 35.5. The monoisotopic (exact) mass is 386 g/mol. The molecule has 2 aromatic carbocycles. The normalized spacial score (nSPS) is 11.2. The number of aromatic nitrogens is 1. The molecule has 0 spiro atoms. The highest BCUT2D eigenvalue weighted by Crippen LogP contribution is 2.31. The lowest BCUT2D eigenvalue weighted by atomic mass is 10.1. The minimum atomic E-state index is 0.473. The van der Waals surface area contributed by atoms with Crippen molar-refractivity contribution in [3.05, 3.63) is 68.5 Å². The number of rotatable bonds is 4. The molecule has 1 heterocycles. The van der Waals surface area contributed by atoms with E-state index >= 15 is 0 Å². The van der Waals surface area contributed by atoms with Crippen LogP contribution < -0.4 is 4.74 Å². The van der Waals surface area contributed by atoms with E-state index < -0.39 is 0 Å². The second kappa shape index (κ2) is 7.71. The number of hydrogen-bond donors (Lipinski definition) is 0. The molecule has 0 bridgehead atoms. The van der Waals surface area contributed by atoms with E-state index in [-0.39, 0.29) is 0 Å². The van der Waals surface area contributed by atoms with Crippen LogP contribution in [0.3, 0.4) is 0 Å². The van der Waals surface area contributed by atoms with E-state index in [1.807, 2.05) is 35.7 Å². The Balaban J connectivity index is 1.95. The maximum Gasteiger partial charge on any atom is 0.134 e. The van der Waals surface area contributed by atoms with E-state index in [1.54, 1.807) is 25.3 Å². The predicted molar refractivity (Wildman–Crippen MR) is 104 cm³/mol. The summed E-state index contributed by atoms with van der Waals surface area (Å²) >= 11 is 13.4. The molecule has 0 aliphatic heterocycles. The van der Waals surface area contributed by atoms with Crippen molar-refractivity contribution >= 4 is 46.2 Å². The third-order valence-electron chi connectivity index (χ3n) is 3.48. The van der Waals surface area contributed by atoms with Crippen molar-refractivity contribution in [3.8, 4) is 23.1 Å². The van der Waals surface area contributed by atoms with Gasteiger partial charge in [0.15, 0.2) is 0 Å². The predicted octanol–water partition coefficient (Wildman–Crippen LogP) is 6.19. The van der Waals surface area contributed by atoms with Gasteiger partial charge in [0.05, 0.1) is 28.4 Å². The van der Waals surface area contributed by atoms with Crippen LogP contribution >= 0.6 is 34.5 Å². The van der Waals surface area contributed by atoms with Crippen LogP contribution in [0.4, 0.5) is 0 Å².